The third-order valence-electron chi connectivity index (χ3n) is 2.74. The van der Waals surface area contributed by atoms with Crippen molar-refractivity contribution in [2.75, 3.05) is 11.9 Å². The molecular formula is C14H14F3N3. The molecular weight excluding hydrogens is 267 g/mol. The second kappa shape index (κ2) is 5.90. The molecule has 6 heteroatoms. The molecule has 2 aromatic rings. The highest BCUT2D eigenvalue weighted by Gasteiger charge is 2.14. The zero-order chi connectivity index (χ0) is 14.7. The predicted molar refractivity (Wildman–Crippen MR) is 70.9 cm³/mol. The summed E-state index contributed by atoms with van der Waals surface area (Å²) in [6.07, 6.45) is 0.653. The zero-order valence-electron chi connectivity index (χ0n) is 11.2. The van der Waals surface area contributed by atoms with Crippen LogP contribution in [-0.2, 0) is 6.42 Å². The van der Waals surface area contributed by atoms with E-state index in [-0.39, 0.29) is 11.4 Å². The Kier molecular flexibility index (Phi) is 4.22. The summed E-state index contributed by atoms with van der Waals surface area (Å²) in [5.74, 6) is -3.27. The fourth-order valence-electron chi connectivity index (χ4n) is 1.76. The van der Waals surface area contributed by atoms with Crippen molar-refractivity contribution in [1.29, 1.82) is 0 Å². The highest BCUT2D eigenvalue weighted by Crippen LogP contribution is 2.22. The van der Waals surface area contributed by atoms with Gasteiger partial charge in [0.1, 0.15) is 5.82 Å². The van der Waals surface area contributed by atoms with Crippen LogP contribution in [-0.4, -0.2) is 16.5 Å². The Balaban J connectivity index is 2.53. The van der Waals surface area contributed by atoms with Crippen molar-refractivity contribution in [3.05, 3.63) is 41.3 Å². The Labute approximate surface area is 114 Å². The average molecular weight is 281 g/mol. The normalized spacial score (nSPS) is 10.7. The minimum absolute atomic E-state index is 0.107. The highest BCUT2D eigenvalue weighted by molar-refractivity contribution is 5.58. The monoisotopic (exact) mass is 281 g/mol. The van der Waals surface area contributed by atoms with E-state index < -0.39 is 17.5 Å². The molecule has 0 aliphatic carbocycles. The lowest BCUT2D eigenvalue weighted by Gasteiger charge is -2.08. The molecule has 0 unspecified atom stereocenters. The van der Waals surface area contributed by atoms with Crippen LogP contribution in [0.3, 0.4) is 0 Å². The van der Waals surface area contributed by atoms with E-state index in [0.717, 1.165) is 17.8 Å². The molecule has 1 aromatic heterocycles. The van der Waals surface area contributed by atoms with Gasteiger partial charge in [-0.15, -0.1) is 0 Å². The Bertz CT molecular complexity index is 606. The standard InChI is InChI=1S/C14H14F3N3/c1-3-9-7-12(18-4-2)20-14(19-9)8-5-10(15)13(17)11(16)6-8/h5-7H,3-4H2,1-2H3,(H,18,19,20). The number of hydrogen-bond acceptors (Lipinski definition) is 3. The fourth-order valence-corrected chi connectivity index (χ4v) is 1.76. The molecule has 0 saturated carbocycles. The number of nitrogens with one attached hydrogen (secondary N) is 1. The molecule has 2 rings (SSSR count). The molecule has 0 fully saturated rings. The van der Waals surface area contributed by atoms with Crippen LogP contribution in [0, 0.1) is 17.5 Å². The minimum atomic E-state index is -1.49. The number of aromatic nitrogens is 2. The van der Waals surface area contributed by atoms with Gasteiger partial charge in [-0.05, 0) is 25.5 Å². The van der Waals surface area contributed by atoms with Crippen LogP contribution in [0.1, 0.15) is 19.5 Å². The van der Waals surface area contributed by atoms with E-state index in [4.69, 9.17) is 0 Å². The van der Waals surface area contributed by atoms with Gasteiger partial charge in [0.15, 0.2) is 23.3 Å². The van der Waals surface area contributed by atoms with Crippen LogP contribution in [0.5, 0.6) is 0 Å². The number of anilines is 1. The van der Waals surface area contributed by atoms with Gasteiger partial charge in [0, 0.05) is 23.9 Å². The second-order valence-corrected chi connectivity index (χ2v) is 4.21. The molecule has 0 aliphatic rings. The van der Waals surface area contributed by atoms with E-state index >= 15 is 0 Å². The number of aryl methyl sites for hydroxylation is 1. The van der Waals surface area contributed by atoms with E-state index in [2.05, 4.69) is 15.3 Å². The maximum Gasteiger partial charge on any atom is 0.194 e. The second-order valence-electron chi connectivity index (χ2n) is 4.21. The summed E-state index contributed by atoms with van der Waals surface area (Å²) < 4.78 is 39.5. The first kappa shape index (κ1) is 14.3. The lowest BCUT2D eigenvalue weighted by molar-refractivity contribution is 0.447. The van der Waals surface area contributed by atoms with Crippen LogP contribution >= 0.6 is 0 Å². The van der Waals surface area contributed by atoms with Crippen LogP contribution in [0.2, 0.25) is 0 Å². The van der Waals surface area contributed by atoms with E-state index in [0.29, 0.717) is 18.8 Å². The smallest absolute Gasteiger partial charge is 0.194 e. The number of halogens is 3. The van der Waals surface area contributed by atoms with E-state index in [1.165, 1.54) is 0 Å². The molecule has 1 N–H and O–H groups in total. The molecule has 106 valence electrons. The predicted octanol–water partition coefficient (Wildman–Crippen LogP) is 3.56. The lowest BCUT2D eigenvalue weighted by atomic mass is 10.2. The van der Waals surface area contributed by atoms with Gasteiger partial charge in [-0.2, -0.15) is 0 Å². The number of benzene rings is 1. The summed E-state index contributed by atoms with van der Waals surface area (Å²) >= 11 is 0. The van der Waals surface area contributed by atoms with Crippen molar-refractivity contribution in [2.24, 2.45) is 0 Å². The lowest BCUT2D eigenvalue weighted by Crippen LogP contribution is -2.04. The first-order chi connectivity index (χ1) is 9.55. The highest BCUT2D eigenvalue weighted by atomic mass is 19.2. The first-order valence-corrected chi connectivity index (χ1v) is 6.31. The maximum absolute atomic E-state index is 13.3. The van der Waals surface area contributed by atoms with Crippen molar-refractivity contribution in [3.8, 4) is 11.4 Å². The van der Waals surface area contributed by atoms with Gasteiger partial charge < -0.3 is 5.32 Å². The molecule has 3 nitrogen and oxygen atoms in total. The number of nitrogens with zero attached hydrogens (tertiary/aromatic N) is 2. The van der Waals surface area contributed by atoms with Crippen molar-refractivity contribution in [1.82, 2.24) is 9.97 Å². The molecule has 1 aromatic carbocycles. The molecule has 0 aliphatic heterocycles. The summed E-state index contributed by atoms with van der Waals surface area (Å²) in [7, 11) is 0. The van der Waals surface area contributed by atoms with Gasteiger partial charge in [0.25, 0.3) is 0 Å². The Morgan fingerprint density at radius 2 is 1.65 bits per heavy atom. The summed E-state index contributed by atoms with van der Waals surface area (Å²) in [5, 5.41) is 3.02. The zero-order valence-corrected chi connectivity index (χ0v) is 11.2. The molecule has 0 atom stereocenters. The van der Waals surface area contributed by atoms with Crippen LogP contribution in [0.25, 0.3) is 11.4 Å². The van der Waals surface area contributed by atoms with Gasteiger partial charge in [-0.3, -0.25) is 0 Å². The molecule has 0 spiro atoms. The molecule has 1 heterocycles. The Morgan fingerprint density at radius 1 is 1.00 bits per heavy atom. The molecule has 0 amide bonds. The third kappa shape index (κ3) is 2.89. The van der Waals surface area contributed by atoms with Crippen molar-refractivity contribution < 1.29 is 13.2 Å². The van der Waals surface area contributed by atoms with Gasteiger partial charge in [-0.25, -0.2) is 23.1 Å². The average Bonchev–Trinajstić information content (AvgIpc) is 2.44. The summed E-state index contributed by atoms with van der Waals surface area (Å²) in [5.41, 5.74) is 0.840. The minimum Gasteiger partial charge on any atom is -0.370 e. The Morgan fingerprint density at radius 3 is 2.20 bits per heavy atom. The van der Waals surface area contributed by atoms with Gasteiger partial charge in [0.05, 0.1) is 0 Å². The van der Waals surface area contributed by atoms with Gasteiger partial charge >= 0.3 is 0 Å². The fraction of sp³-hybridized carbons (Fsp3) is 0.286. The summed E-state index contributed by atoms with van der Waals surface area (Å²) in [6.45, 7) is 4.48. The maximum atomic E-state index is 13.3. The SMILES string of the molecule is CCNc1cc(CC)nc(-c2cc(F)c(F)c(F)c2)n1. The topological polar surface area (TPSA) is 37.8 Å². The number of hydrogen-bond donors (Lipinski definition) is 1. The largest absolute Gasteiger partial charge is 0.370 e. The van der Waals surface area contributed by atoms with Crippen molar-refractivity contribution in [3.63, 3.8) is 0 Å². The van der Waals surface area contributed by atoms with Crippen molar-refractivity contribution in [2.45, 2.75) is 20.3 Å². The van der Waals surface area contributed by atoms with Gasteiger partial charge in [-0.1, -0.05) is 6.92 Å². The van der Waals surface area contributed by atoms with Crippen LogP contribution in [0.15, 0.2) is 18.2 Å². The Hall–Kier alpha value is -2.11. The quantitative estimate of drug-likeness (QED) is 0.871. The summed E-state index contributed by atoms with van der Waals surface area (Å²) in [4.78, 5) is 8.38. The third-order valence-corrected chi connectivity index (χ3v) is 2.74. The summed E-state index contributed by atoms with van der Waals surface area (Å²) in [6, 6.07) is 3.55. The van der Waals surface area contributed by atoms with Crippen LogP contribution in [0.4, 0.5) is 19.0 Å². The molecule has 0 saturated heterocycles. The molecule has 0 bridgehead atoms. The van der Waals surface area contributed by atoms with Gasteiger partial charge in [0.2, 0.25) is 0 Å². The molecule has 0 radical (unpaired) electrons. The van der Waals surface area contributed by atoms with Crippen molar-refractivity contribution >= 4 is 5.82 Å². The number of rotatable bonds is 4. The van der Waals surface area contributed by atoms with E-state index in [1.54, 1.807) is 6.07 Å². The molecule has 20 heavy (non-hydrogen) atoms. The first-order valence-electron chi connectivity index (χ1n) is 6.31. The van der Waals surface area contributed by atoms with Crippen LogP contribution < -0.4 is 5.32 Å². The van der Waals surface area contributed by atoms with E-state index in [1.807, 2.05) is 13.8 Å². The van der Waals surface area contributed by atoms with E-state index in [9.17, 15) is 13.2 Å².